The van der Waals surface area contributed by atoms with Gasteiger partial charge in [-0.05, 0) is 30.5 Å². The maximum Gasteiger partial charge on any atom is 0.237 e. The van der Waals surface area contributed by atoms with E-state index in [1.165, 1.54) is 5.56 Å². The monoisotopic (exact) mass is 392 g/mol. The molecule has 152 valence electrons. The summed E-state index contributed by atoms with van der Waals surface area (Å²) < 4.78 is 0. The molecule has 0 aromatic heterocycles. The lowest BCUT2D eigenvalue weighted by Gasteiger charge is -2.37. The average Bonchev–Trinajstić information content (AvgIpc) is 3.19. The van der Waals surface area contributed by atoms with Crippen LogP contribution < -0.4 is 16.0 Å². The Hall–Kier alpha value is -2.70. The topological polar surface area (TPSA) is 73.5 Å². The Morgan fingerprint density at radius 2 is 1.79 bits per heavy atom. The number of amides is 2. The Morgan fingerprint density at radius 3 is 2.55 bits per heavy atom. The van der Waals surface area contributed by atoms with E-state index in [4.69, 9.17) is 0 Å². The molecule has 3 atom stereocenters. The van der Waals surface area contributed by atoms with Crippen LogP contribution in [0.5, 0.6) is 0 Å². The number of hydrogen-bond donors (Lipinski definition) is 3. The van der Waals surface area contributed by atoms with Gasteiger partial charge in [-0.3, -0.25) is 14.5 Å². The summed E-state index contributed by atoms with van der Waals surface area (Å²) in [6, 6.07) is 20.2. The number of fused-ring (bicyclic) bond motifs is 1. The van der Waals surface area contributed by atoms with Crippen molar-refractivity contribution in [2.75, 3.05) is 18.4 Å². The zero-order valence-corrected chi connectivity index (χ0v) is 16.5. The molecule has 2 fully saturated rings. The van der Waals surface area contributed by atoms with Crippen molar-refractivity contribution in [1.29, 1.82) is 0 Å². The van der Waals surface area contributed by atoms with E-state index in [1.807, 2.05) is 48.5 Å². The molecule has 6 heteroatoms. The molecule has 29 heavy (non-hydrogen) atoms. The average molecular weight is 393 g/mol. The van der Waals surface area contributed by atoms with Gasteiger partial charge in [0, 0.05) is 43.8 Å². The minimum Gasteiger partial charge on any atom is -0.353 e. The Morgan fingerprint density at radius 1 is 1.07 bits per heavy atom. The van der Waals surface area contributed by atoms with Gasteiger partial charge in [0.2, 0.25) is 11.8 Å². The van der Waals surface area contributed by atoms with Crippen molar-refractivity contribution in [3.63, 3.8) is 0 Å². The van der Waals surface area contributed by atoms with Crippen molar-refractivity contribution in [3.8, 4) is 0 Å². The van der Waals surface area contributed by atoms with E-state index in [-0.39, 0.29) is 29.9 Å². The molecule has 2 aromatic rings. The van der Waals surface area contributed by atoms with Crippen LogP contribution in [0.15, 0.2) is 60.7 Å². The molecule has 0 bridgehead atoms. The van der Waals surface area contributed by atoms with Crippen LogP contribution in [0.25, 0.3) is 0 Å². The van der Waals surface area contributed by atoms with E-state index in [0.717, 1.165) is 31.6 Å². The maximum absolute atomic E-state index is 12.4. The number of anilines is 1. The number of carbonyl (C=O) groups is 2. The summed E-state index contributed by atoms with van der Waals surface area (Å²) in [7, 11) is 0. The number of rotatable bonds is 7. The van der Waals surface area contributed by atoms with Crippen LogP contribution in [0.2, 0.25) is 0 Å². The number of nitrogens with one attached hydrogen (secondary N) is 3. The van der Waals surface area contributed by atoms with Crippen molar-refractivity contribution >= 4 is 17.5 Å². The first kappa shape index (κ1) is 19.6. The Kier molecular flexibility index (Phi) is 6.22. The van der Waals surface area contributed by atoms with Crippen molar-refractivity contribution in [3.05, 3.63) is 66.2 Å². The van der Waals surface area contributed by atoms with E-state index >= 15 is 0 Å². The largest absolute Gasteiger partial charge is 0.353 e. The van der Waals surface area contributed by atoms with Gasteiger partial charge in [0.1, 0.15) is 0 Å². The molecule has 0 radical (unpaired) electrons. The molecule has 0 unspecified atom stereocenters. The first-order chi connectivity index (χ1) is 14.2. The maximum atomic E-state index is 12.4. The first-order valence-electron chi connectivity index (χ1n) is 10.3. The molecule has 2 aliphatic heterocycles. The molecule has 6 nitrogen and oxygen atoms in total. The Labute approximate surface area is 171 Å². The molecule has 2 amide bonds. The van der Waals surface area contributed by atoms with Gasteiger partial charge in [0.15, 0.2) is 0 Å². The summed E-state index contributed by atoms with van der Waals surface area (Å²) >= 11 is 0. The van der Waals surface area contributed by atoms with Crippen LogP contribution in [-0.2, 0) is 16.1 Å². The smallest absolute Gasteiger partial charge is 0.237 e. The summed E-state index contributed by atoms with van der Waals surface area (Å²) in [5.74, 6) is 0.126. The van der Waals surface area contributed by atoms with Gasteiger partial charge in [-0.2, -0.15) is 0 Å². The molecule has 0 spiro atoms. The summed E-state index contributed by atoms with van der Waals surface area (Å²) in [5.41, 5.74) is 2.06. The molecule has 0 saturated carbocycles. The fraction of sp³-hybridized carbons (Fsp3) is 0.391. The van der Waals surface area contributed by atoms with Crippen molar-refractivity contribution in [2.24, 2.45) is 0 Å². The van der Waals surface area contributed by atoms with Gasteiger partial charge in [-0.15, -0.1) is 0 Å². The van der Waals surface area contributed by atoms with E-state index in [9.17, 15) is 9.59 Å². The van der Waals surface area contributed by atoms with Crippen molar-refractivity contribution < 1.29 is 9.59 Å². The van der Waals surface area contributed by atoms with Crippen LogP contribution >= 0.6 is 0 Å². The second kappa shape index (κ2) is 9.20. The normalized spacial score (nSPS) is 24.0. The molecule has 0 aliphatic carbocycles. The number of benzene rings is 2. The molecular weight excluding hydrogens is 364 g/mol. The van der Waals surface area contributed by atoms with E-state index in [1.54, 1.807) is 0 Å². The third kappa shape index (κ3) is 5.02. The van der Waals surface area contributed by atoms with Gasteiger partial charge in [0.05, 0.1) is 6.04 Å². The zero-order chi connectivity index (χ0) is 20.1. The summed E-state index contributed by atoms with van der Waals surface area (Å²) in [4.78, 5) is 27.0. The van der Waals surface area contributed by atoms with Gasteiger partial charge in [0.25, 0.3) is 0 Å². The molecule has 2 aromatic carbocycles. The minimum absolute atomic E-state index is 0.0163. The molecule has 2 aliphatic rings. The quantitative estimate of drug-likeness (QED) is 0.675. The Bertz CT molecular complexity index is 827. The van der Waals surface area contributed by atoms with Crippen LogP contribution in [0.1, 0.15) is 24.8 Å². The van der Waals surface area contributed by atoms with Crippen LogP contribution in [-0.4, -0.2) is 47.9 Å². The molecule has 4 rings (SSSR count). The van der Waals surface area contributed by atoms with Crippen molar-refractivity contribution in [1.82, 2.24) is 15.5 Å². The van der Waals surface area contributed by atoms with Crippen LogP contribution in [0.3, 0.4) is 0 Å². The molecule has 3 N–H and O–H groups in total. The second-order valence-electron chi connectivity index (χ2n) is 7.86. The number of piperazine rings is 1. The SMILES string of the molecule is O=C(CC[C@@H]1CNC(=O)[C@@H]2C[C@H](NCc3ccccc3)CN12)Nc1ccccc1. The highest BCUT2D eigenvalue weighted by Gasteiger charge is 2.43. The fourth-order valence-electron chi connectivity index (χ4n) is 4.29. The number of carbonyl (C=O) groups excluding carboxylic acids is 2. The highest BCUT2D eigenvalue weighted by Crippen LogP contribution is 2.26. The van der Waals surface area contributed by atoms with E-state index < -0.39 is 0 Å². The third-order valence-corrected chi connectivity index (χ3v) is 5.82. The summed E-state index contributed by atoms with van der Waals surface area (Å²) in [6.07, 6.45) is 1.99. The zero-order valence-electron chi connectivity index (χ0n) is 16.5. The Balaban J connectivity index is 1.29. The fourth-order valence-corrected chi connectivity index (χ4v) is 4.29. The van der Waals surface area contributed by atoms with Gasteiger partial charge in [-0.1, -0.05) is 48.5 Å². The molecule has 2 heterocycles. The standard InChI is InChI=1S/C23H28N4O2/c28-22(26-18-9-5-2-6-10-18)12-11-20-15-25-23(29)21-13-19(16-27(20)21)24-14-17-7-3-1-4-8-17/h1-10,19-21,24H,11-16H2,(H,25,29)(H,26,28)/t19-,20+,21-/m0/s1. The number of nitrogens with zero attached hydrogens (tertiary/aromatic N) is 1. The number of para-hydroxylation sites is 1. The van der Waals surface area contributed by atoms with Crippen molar-refractivity contribution in [2.45, 2.75) is 43.9 Å². The van der Waals surface area contributed by atoms with E-state index in [0.29, 0.717) is 13.0 Å². The first-order valence-corrected chi connectivity index (χ1v) is 10.3. The predicted molar refractivity (Wildman–Crippen MR) is 113 cm³/mol. The number of hydrogen-bond acceptors (Lipinski definition) is 4. The second-order valence-corrected chi connectivity index (χ2v) is 7.86. The lowest BCUT2D eigenvalue weighted by molar-refractivity contribution is -0.129. The highest BCUT2D eigenvalue weighted by molar-refractivity contribution is 5.90. The lowest BCUT2D eigenvalue weighted by Crippen LogP contribution is -2.57. The van der Waals surface area contributed by atoms with Crippen LogP contribution in [0, 0.1) is 0 Å². The van der Waals surface area contributed by atoms with Gasteiger partial charge < -0.3 is 16.0 Å². The molecular formula is C23H28N4O2. The summed E-state index contributed by atoms with van der Waals surface area (Å²) in [5, 5.41) is 9.56. The third-order valence-electron chi connectivity index (χ3n) is 5.82. The summed E-state index contributed by atoms with van der Waals surface area (Å²) in [6.45, 7) is 2.26. The van der Waals surface area contributed by atoms with Crippen LogP contribution in [0.4, 0.5) is 5.69 Å². The minimum atomic E-state index is -0.0980. The lowest BCUT2D eigenvalue weighted by atomic mass is 10.0. The van der Waals surface area contributed by atoms with Gasteiger partial charge in [-0.25, -0.2) is 0 Å². The van der Waals surface area contributed by atoms with E-state index in [2.05, 4.69) is 33.0 Å². The van der Waals surface area contributed by atoms with Gasteiger partial charge >= 0.3 is 0 Å². The molecule has 2 saturated heterocycles. The highest BCUT2D eigenvalue weighted by atomic mass is 16.2. The predicted octanol–water partition coefficient (Wildman–Crippen LogP) is 2.14.